The van der Waals surface area contributed by atoms with E-state index in [9.17, 15) is 4.79 Å². The van der Waals surface area contributed by atoms with Gasteiger partial charge in [-0.2, -0.15) is 0 Å². The lowest BCUT2D eigenvalue weighted by Crippen LogP contribution is -2.64. The van der Waals surface area contributed by atoms with Crippen LogP contribution in [0.1, 0.15) is 25.3 Å². The third kappa shape index (κ3) is 3.09. The van der Waals surface area contributed by atoms with Crippen molar-refractivity contribution in [3.05, 3.63) is 66.2 Å². The highest BCUT2D eigenvalue weighted by Crippen LogP contribution is 2.45. The van der Waals surface area contributed by atoms with Crippen LogP contribution in [0.3, 0.4) is 0 Å². The van der Waals surface area contributed by atoms with Crippen molar-refractivity contribution in [1.29, 1.82) is 0 Å². The number of benzene rings is 2. The van der Waals surface area contributed by atoms with E-state index in [1.165, 1.54) is 5.56 Å². The number of hydrogen-bond acceptors (Lipinski definition) is 2. The van der Waals surface area contributed by atoms with Crippen molar-refractivity contribution < 1.29 is 4.79 Å². The van der Waals surface area contributed by atoms with E-state index >= 15 is 0 Å². The molecule has 2 saturated heterocycles. The summed E-state index contributed by atoms with van der Waals surface area (Å²) in [6.45, 7) is 6.24. The zero-order valence-electron chi connectivity index (χ0n) is 14.9. The molecule has 0 aromatic heterocycles. The normalized spacial score (nSPS) is 25.0. The molecule has 0 aliphatic carbocycles. The summed E-state index contributed by atoms with van der Waals surface area (Å²) >= 11 is 0. The van der Waals surface area contributed by atoms with E-state index in [0.717, 1.165) is 44.7 Å². The van der Waals surface area contributed by atoms with E-state index in [-0.39, 0.29) is 5.41 Å². The van der Waals surface area contributed by atoms with Gasteiger partial charge in [0.2, 0.25) is 5.91 Å². The highest BCUT2D eigenvalue weighted by molar-refractivity contribution is 6.04. The van der Waals surface area contributed by atoms with Crippen LogP contribution in [-0.4, -0.2) is 30.4 Å². The molecule has 0 N–H and O–H groups in total. The number of rotatable bonds is 4. The van der Waals surface area contributed by atoms with Gasteiger partial charge in [0, 0.05) is 18.8 Å². The van der Waals surface area contributed by atoms with Crippen LogP contribution in [0, 0.1) is 11.3 Å². The molecule has 1 unspecified atom stereocenters. The number of likely N-dealkylation sites (tertiary alicyclic amines) is 1. The van der Waals surface area contributed by atoms with Crippen LogP contribution in [-0.2, 0) is 11.3 Å². The first-order valence-corrected chi connectivity index (χ1v) is 9.30. The van der Waals surface area contributed by atoms with Crippen LogP contribution in [0.4, 0.5) is 5.69 Å². The molecule has 2 aromatic rings. The van der Waals surface area contributed by atoms with Gasteiger partial charge in [0.25, 0.3) is 0 Å². The number of carbonyl (C=O) groups excluding carboxylic acids is 1. The molecule has 2 aliphatic rings. The Kier molecular flexibility index (Phi) is 4.34. The van der Waals surface area contributed by atoms with E-state index < -0.39 is 0 Å². The molecule has 2 aromatic carbocycles. The Morgan fingerprint density at radius 3 is 2.16 bits per heavy atom. The lowest BCUT2D eigenvalue weighted by atomic mass is 9.66. The molecule has 3 heteroatoms. The van der Waals surface area contributed by atoms with Gasteiger partial charge in [-0.15, -0.1) is 0 Å². The number of β-lactam (4-membered cyclic amide) rings is 1. The van der Waals surface area contributed by atoms with E-state index in [4.69, 9.17) is 0 Å². The van der Waals surface area contributed by atoms with Gasteiger partial charge in [0.15, 0.2) is 0 Å². The monoisotopic (exact) mass is 334 g/mol. The quantitative estimate of drug-likeness (QED) is 0.791. The van der Waals surface area contributed by atoms with Gasteiger partial charge in [0.05, 0.1) is 5.41 Å². The zero-order valence-corrected chi connectivity index (χ0v) is 14.9. The fourth-order valence-electron chi connectivity index (χ4n) is 4.37. The van der Waals surface area contributed by atoms with Crippen LogP contribution in [0.2, 0.25) is 0 Å². The summed E-state index contributed by atoms with van der Waals surface area (Å²) in [5, 5.41) is 0. The molecule has 0 bridgehead atoms. The molecular formula is C22H26N2O. The second kappa shape index (κ2) is 6.64. The average molecular weight is 334 g/mol. The Morgan fingerprint density at radius 2 is 1.56 bits per heavy atom. The molecule has 0 radical (unpaired) electrons. The molecule has 2 aliphatic heterocycles. The van der Waals surface area contributed by atoms with Gasteiger partial charge in [-0.25, -0.2) is 0 Å². The maximum absolute atomic E-state index is 12.9. The van der Waals surface area contributed by atoms with Crippen molar-refractivity contribution in [1.82, 2.24) is 4.90 Å². The minimum Gasteiger partial charge on any atom is -0.311 e. The first-order valence-electron chi connectivity index (χ1n) is 9.30. The average Bonchev–Trinajstić information content (AvgIpc) is 2.67. The smallest absolute Gasteiger partial charge is 0.235 e. The fourth-order valence-corrected chi connectivity index (χ4v) is 4.37. The fraction of sp³-hybridized carbons (Fsp3) is 0.409. The van der Waals surface area contributed by atoms with Crippen molar-refractivity contribution in [2.75, 3.05) is 24.5 Å². The molecule has 0 spiro atoms. The Hall–Kier alpha value is -2.13. The summed E-state index contributed by atoms with van der Waals surface area (Å²) in [7, 11) is 0. The van der Waals surface area contributed by atoms with Crippen molar-refractivity contribution in [3.63, 3.8) is 0 Å². The van der Waals surface area contributed by atoms with E-state index in [2.05, 4.69) is 42.2 Å². The summed E-state index contributed by atoms with van der Waals surface area (Å²) in [5.41, 5.74) is 2.24. The molecule has 3 nitrogen and oxygen atoms in total. The van der Waals surface area contributed by atoms with Crippen molar-refractivity contribution >= 4 is 11.6 Å². The third-order valence-electron chi connectivity index (χ3n) is 6.03. The molecule has 2 fully saturated rings. The Labute approximate surface area is 150 Å². The standard InChI is InChI=1S/C22H26N2O/c1-22(17-24(21(22)25)20-10-6-3-7-11-20)19-12-14-23(15-13-19)16-18-8-4-2-5-9-18/h2-11,19H,12-17H2,1H3. The molecule has 0 saturated carbocycles. The largest absolute Gasteiger partial charge is 0.311 e. The van der Waals surface area contributed by atoms with Crippen LogP contribution < -0.4 is 4.90 Å². The number of amides is 1. The highest BCUT2D eigenvalue weighted by Gasteiger charge is 2.53. The summed E-state index contributed by atoms with van der Waals surface area (Å²) in [6, 6.07) is 20.7. The maximum atomic E-state index is 12.9. The molecule has 130 valence electrons. The first kappa shape index (κ1) is 16.3. The molecule has 2 heterocycles. The molecule has 25 heavy (non-hydrogen) atoms. The van der Waals surface area contributed by atoms with Gasteiger partial charge < -0.3 is 4.90 Å². The van der Waals surface area contributed by atoms with Gasteiger partial charge in [-0.3, -0.25) is 9.69 Å². The number of nitrogens with zero attached hydrogens (tertiary/aromatic N) is 2. The number of para-hydroxylation sites is 1. The highest BCUT2D eigenvalue weighted by atomic mass is 16.2. The van der Waals surface area contributed by atoms with E-state index in [0.29, 0.717) is 11.8 Å². The predicted octanol–water partition coefficient (Wildman–Crippen LogP) is 3.95. The second-order valence-corrected chi connectivity index (χ2v) is 7.68. The van der Waals surface area contributed by atoms with Gasteiger partial charge in [-0.1, -0.05) is 48.5 Å². The molecule has 4 rings (SSSR count). The van der Waals surface area contributed by atoms with Crippen LogP contribution in [0.15, 0.2) is 60.7 Å². The second-order valence-electron chi connectivity index (χ2n) is 7.68. The van der Waals surface area contributed by atoms with Crippen LogP contribution in [0.25, 0.3) is 0 Å². The van der Waals surface area contributed by atoms with Crippen LogP contribution in [0.5, 0.6) is 0 Å². The number of hydrogen-bond donors (Lipinski definition) is 0. The van der Waals surface area contributed by atoms with Crippen molar-refractivity contribution in [2.45, 2.75) is 26.3 Å². The van der Waals surface area contributed by atoms with Gasteiger partial charge in [0.1, 0.15) is 0 Å². The van der Waals surface area contributed by atoms with E-state index in [1.807, 2.05) is 35.2 Å². The Bertz CT molecular complexity index is 722. The molecule has 1 amide bonds. The summed E-state index contributed by atoms with van der Waals surface area (Å²) < 4.78 is 0. The first-order chi connectivity index (χ1) is 12.2. The predicted molar refractivity (Wildman–Crippen MR) is 101 cm³/mol. The molecule has 1 atom stereocenters. The summed E-state index contributed by atoms with van der Waals surface area (Å²) in [6.07, 6.45) is 2.25. The topological polar surface area (TPSA) is 23.6 Å². The minimum absolute atomic E-state index is 0.172. The Balaban J connectivity index is 1.34. The maximum Gasteiger partial charge on any atom is 0.235 e. The van der Waals surface area contributed by atoms with Crippen molar-refractivity contribution in [3.8, 4) is 0 Å². The Morgan fingerprint density at radius 1 is 0.960 bits per heavy atom. The zero-order chi connectivity index (χ0) is 17.3. The number of piperidine rings is 1. The summed E-state index contributed by atoms with van der Waals surface area (Å²) in [5.74, 6) is 0.812. The van der Waals surface area contributed by atoms with E-state index in [1.54, 1.807) is 0 Å². The summed E-state index contributed by atoms with van der Waals surface area (Å²) in [4.78, 5) is 17.3. The lowest BCUT2D eigenvalue weighted by molar-refractivity contribution is -0.139. The van der Waals surface area contributed by atoms with Gasteiger partial charge >= 0.3 is 0 Å². The minimum atomic E-state index is -0.172. The third-order valence-corrected chi connectivity index (χ3v) is 6.03. The number of carbonyl (C=O) groups is 1. The molecular weight excluding hydrogens is 308 g/mol. The SMILES string of the molecule is CC1(C2CCN(Cc3ccccc3)CC2)CN(c2ccccc2)C1=O. The number of anilines is 1. The lowest BCUT2D eigenvalue weighted by Gasteiger charge is -2.52. The van der Waals surface area contributed by atoms with Gasteiger partial charge in [-0.05, 0) is 56.5 Å². The van der Waals surface area contributed by atoms with Crippen molar-refractivity contribution in [2.24, 2.45) is 11.3 Å². The van der Waals surface area contributed by atoms with Crippen LogP contribution >= 0.6 is 0 Å².